The molecule has 1 saturated carbocycles. The lowest BCUT2D eigenvalue weighted by Crippen LogP contribution is -2.28. The Hall–Kier alpha value is -0.530. The first-order valence-corrected chi connectivity index (χ1v) is 5.96. The minimum atomic E-state index is 0.250. The predicted molar refractivity (Wildman–Crippen MR) is 58.5 cm³/mol. The third kappa shape index (κ3) is 4.12. The third-order valence-corrected chi connectivity index (χ3v) is 2.90. The lowest BCUT2D eigenvalue weighted by atomic mass is 9.99. The second-order valence-electron chi connectivity index (χ2n) is 4.19. The summed E-state index contributed by atoms with van der Waals surface area (Å²) in [7, 11) is 0. The fraction of sp³-hybridized carbons (Fsp3) is 0.833. The van der Waals surface area contributed by atoms with Gasteiger partial charge in [0, 0.05) is 12.5 Å². The van der Waals surface area contributed by atoms with Crippen LogP contribution in [-0.4, -0.2) is 5.91 Å². The van der Waals surface area contributed by atoms with Gasteiger partial charge in [-0.25, -0.2) is 0 Å². The van der Waals surface area contributed by atoms with E-state index in [-0.39, 0.29) is 11.8 Å². The maximum atomic E-state index is 11.7. The van der Waals surface area contributed by atoms with Crippen molar-refractivity contribution < 1.29 is 4.79 Å². The van der Waals surface area contributed by atoms with Crippen LogP contribution in [0, 0.1) is 12.5 Å². The van der Waals surface area contributed by atoms with Crippen LogP contribution in [0.3, 0.4) is 0 Å². The third-order valence-electron chi connectivity index (χ3n) is 2.90. The number of rotatable bonds is 4. The molecule has 0 aromatic carbocycles. The zero-order chi connectivity index (χ0) is 10.2. The van der Waals surface area contributed by atoms with Crippen molar-refractivity contribution in [1.29, 1.82) is 0 Å². The predicted octanol–water partition coefficient (Wildman–Crippen LogP) is 3.03. The van der Waals surface area contributed by atoms with E-state index < -0.39 is 0 Å². The number of amides is 1. The van der Waals surface area contributed by atoms with Gasteiger partial charge in [0.25, 0.3) is 0 Å². The molecule has 0 aromatic rings. The first kappa shape index (κ1) is 11.5. The van der Waals surface area contributed by atoms with Crippen molar-refractivity contribution in [2.75, 3.05) is 0 Å². The van der Waals surface area contributed by atoms with Crippen molar-refractivity contribution in [2.45, 2.75) is 58.3 Å². The van der Waals surface area contributed by atoms with Gasteiger partial charge in [0.15, 0.2) is 0 Å². The standard InChI is InChI=1S/C12H22NO/c1-2-3-10-13-12(14)11-8-6-4-5-7-9-11/h10-11H,2-9H2,1H3,(H,13,14). The van der Waals surface area contributed by atoms with E-state index in [0.717, 1.165) is 25.7 Å². The zero-order valence-corrected chi connectivity index (χ0v) is 9.22. The summed E-state index contributed by atoms with van der Waals surface area (Å²) in [6.45, 7) is 4.03. The summed E-state index contributed by atoms with van der Waals surface area (Å²) in [5, 5.41) is 2.92. The molecular weight excluding hydrogens is 174 g/mol. The van der Waals surface area contributed by atoms with Crippen LogP contribution in [-0.2, 0) is 4.79 Å². The van der Waals surface area contributed by atoms with E-state index >= 15 is 0 Å². The van der Waals surface area contributed by atoms with Gasteiger partial charge in [-0.3, -0.25) is 4.79 Å². The second kappa shape index (κ2) is 6.86. The molecule has 0 saturated heterocycles. The number of carbonyl (C=O) groups excluding carboxylic acids is 1. The molecule has 1 radical (unpaired) electrons. The van der Waals surface area contributed by atoms with Gasteiger partial charge in [0.1, 0.15) is 0 Å². The Morgan fingerprint density at radius 1 is 1.29 bits per heavy atom. The molecule has 0 aliphatic heterocycles. The highest BCUT2D eigenvalue weighted by molar-refractivity contribution is 5.79. The molecule has 14 heavy (non-hydrogen) atoms. The first-order valence-electron chi connectivity index (χ1n) is 5.96. The van der Waals surface area contributed by atoms with Crippen molar-refractivity contribution in [2.24, 2.45) is 5.92 Å². The van der Waals surface area contributed by atoms with Crippen molar-refractivity contribution in [3.8, 4) is 0 Å². The molecule has 1 rings (SSSR count). The molecule has 0 spiro atoms. The van der Waals surface area contributed by atoms with Crippen molar-refractivity contribution in [3.05, 3.63) is 6.54 Å². The number of carbonyl (C=O) groups is 1. The second-order valence-corrected chi connectivity index (χ2v) is 4.19. The molecule has 0 aromatic heterocycles. The monoisotopic (exact) mass is 196 g/mol. The highest BCUT2D eigenvalue weighted by atomic mass is 16.1. The average molecular weight is 196 g/mol. The van der Waals surface area contributed by atoms with Crippen LogP contribution >= 0.6 is 0 Å². The molecule has 0 bridgehead atoms. The molecule has 81 valence electrons. The van der Waals surface area contributed by atoms with E-state index in [1.165, 1.54) is 25.7 Å². The Balaban J connectivity index is 2.20. The highest BCUT2D eigenvalue weighted by Crippen LogP contribution is 2.22. The van der Waals surface area contributed by atoms with Gasteiger partial charge in [-0.05, 0) is 19.3 Å². The van der Waals surface area contributed by atoms with Crippen LogP contribution in [0.1, 0.15) is 58.3 Å². The van der Waals surface area contributed by atoms with Crippen LogP contribution in [0.15, 0.2) is 0 Å². The number of unbranched alkanes of at least 4 members (excludes halogenated alkanes) is 1. The molecular formula is C12H22NO. The molecule has 1 aliphatic carbocycles. The molecule has 0 atom stereocenters. The Morgan fingerprint density at radius 3 is 2.50 bits per heavy atom. The number of hydrogen-bond acceptors (Lipinski definition) is 1. The van der Waals surface area contributed by atoms with Crippen LogP contribution in [0.4, 0.5) is 0 Å². The van der Waals surface area contributed by atoms with E-state index in [4.69, 9.17) is 0 Å². The Kier molecular flexibility index (Phi) is 5.65. The van der Waals surface area contributed by atoms with Gasteiger partial charge in [0.2, 0.25) is 5.91 Å². The lowest BCUT2D eigenvalue weighted by molar-refractivity contribution is -0.124. The van der Waals surface area contributed by atoms with Crippen molar-refractivity contribution in [3.63, 3.8) is 0 Å². The van der Waals surface area contributed by atoms with Gasteiger partial charge in [-0.15, -0.1) is 0 Å². The maximum Gasteiger partial charge on any atom is 0.223 e. The summed E-state index contributed by atoms with van der Waals surface area (Å²) in [5.74, 6) is 0.533. The van der Waals surface area contributed by atoms with Gasteiger partial charge in [-0.2, -0.15) is 0 Å². The first-order chi connectivity index (χ1) is 6.84. The Bertz CT molecular complexity index is 160. The molecule has 2 heteroatoms. The van der Waals surface area contributed by atoms with E-state index in [1.807, 2.05) is 6.54 Å². The molecule has 1 fully saturated rings. The summed E-state index contributed by atoms with van der Waals surface area (Å²) in [6.07, 6.45) is 9.34. The van der Waals surface area contributed by atoms with Crippen LogP contribution < -0.4 is 5.32 Å². The van der Waals surface area contributed by atoms with Crippen molar-refractivity contribution in [1.82, 2.24) is 5.32 Å². The SMILES string of the molecule is CCC[CH]NC(=O)C1CCCCCC1. The molecule has 0 heterocycles. The zero-order valence-electron chi connectivity index (χ0n) is 9.22. The molecule has 1 amide bonds. The topological polar surface area (TPSA) is 29.1 Å². The summed E-state index contributed by atoms with van der Waals surface area (Å²) >= 11 is 0. The quantitative estimate of drug-likeness (QED) is 0.543. The van der Waals surface area contributed by atoms with Gasteiger partial charge < -0.3 is 5.32 Å². The number of nitrogens with one attached hydrogen (secondary N) is 1. The highest BCUT2D eigenvalue weighted by Gasteiger charge is 2.19. The van der Waals surface area contributed by atoms with Crippen molar-refractivity contribution >= 4 is 5.91 Å². The fourth-order valence-corrected chi connectivity index (χ4v) is 1.98. The van der Waals surface area contributed by atoms with Gasteiger partial charge in [-0.1, -0.05) is 39.0 Å². The average Bonchev–Trinajstić information content (AvgIpc) is 2.46. The Morgan fingerprint density at radius 2 is 1.93 bits per heavy atom. The molecule has 1 N–H and O–H groups in total. The summed E-state index contributed by atoms with van der Waals surface area (Å²) < 4.78 is 0. The number of hydrogen-bond donors (Lipinski definition) is 1. The molecule has 0 unspecified atom stereocenters. The van der Waals surface area contributed by atoms with Crippen LogP contribution in [0.2, 0.25) is 0 Å². The maximum absolute atomic E-state index is 11.7. The Labute approximate surface area is 87.5 Å². The molecule has 2 nitrogen and oxygen atoms in total. The normalized spacial score (nSPS) is 18.9. The minimum Gasteiger partial charge on any atom is -0.351 e. The lowest BCUT2D eigenvalue weighted by Gasteiger charge is -2.13. The minimum absolute atomic E-state index is 0.250. The van der Waals surface area contributed by atoms with E-state index in [1.54, 1.807) is 0 Å². The van der Waals surface area contributed by atoms with E-state index in [0.29, 0.717) is 0 Å². The fourth-order valence-electron chi connectivity index (χ4n) is 1.98. The van der Waals surface area contributed by atoms with Crippen LogP contribution in [0.5, 0.6) is 0 Å². The van der Waals surface area contributed by atoms with Crippen LogP contribution in [0.25, 0.3) is 0 Å². The summed E-state index contributed by atoms with van der Waals surface area (Å²) in [4.78, 5) is 11.7. The van der Waals surface area contributed by atoms with Gasteiger partial charge >= 0.3 is 0 Å². The van der Waals surface area contributed by atoms with E-state index in [2.05, 4.69) is 12.2 Å². The summed E-state index contributed by atoms with van der Waals surface area (Å²) in [6, 6.07) is 0. The largest absolute Gasteiger partial charge is 0.351 e. The summed E-state index contributed by atoms with van der Waals surface area (Å²) in [5.41, 5.74) is 0. The molecule has 1 aliphatic rings. The van der Waals surface area contributed by atoms with Gasteiger partial charge in [0.05, 0.1) is 0 Å². The van der Waals surface area contributed by atoms with E-state index in [9.17, 15) is 4.79 Å². The smallest absolute Gasteiger partial charge is 0.223 e.